The average Bonchev–Trinajstić information content (AvgIpc) is 2.88. The van der Waals surface area contributed by atoms with Gasteiger partial charge in [0, 0.05) is 32.9 Å². The number of rotatable bonds is 2. The van der Waals surface area contributed by atoms with Gasteiger partial charge in [-0.15, -0.1) is 0 Å². The van der Waals surface area contributed by atoms with Crippen molar-refractivity contribution in [2.24, 2.45) is 0 Å². The van der Waals surface area contributed by atoms with Crippen LogP contribution in [0.2, 0.25) is 0 Å². The standard InChI is InChI=1S/C20H16BrN/c1-2-22-19-12-11-15(21)13-18(19)17-10-6-9-16(20(17)22)14-7-4-3-5-8-14/h3-13H,2H2,1H3. The lowest BCUT2D eigenvalue weighted by molar-refractivity contribution is 0.828. The van der Waals surface area contributed by atoms with Crippen molar-refractivity contribution in [2.45, 2.75) is 13.5 Å². The van der Waals surface area contributed by atoms with E-state index in [-0.39, 0.29) is 0 Å². The van der Waals surface area contributed by atoms with Crippen LogP contribution < -0.4 is 0 Å². The molecular formula is C20H16BrN. The van der Waals surface area contributed by atoms with Gasteiger partial charge in [0.15, 0.2) is 0 Å². The number of hydrogen-bond donors (Lipinski definition) is 0. The van der Waals surface area contributed by atoms with Gasteiger partial charge >= 0.3 is 0 Å². The highest BCUT2D eigenvalue weighted by Crippen LogP contribution is 2.36. The summed E-state index contributed by atoms with van der Waals surface area (Å²) in [5, 5.41) is 2.63. The van der Waals surface area contributed by atoms with Gasteiger partial charge in [-0.05, 0) is 30.7 Å². The van der Waals surface area contributed by atoms with Gasteiger partial charge in [0.2, 0.25) is 0 Å². The zero-order valence-electron chi connectivity index (χ0n) is 12.4. The highest BCUT2D eigenvalue weighted by molar-refractivity contribution is 9.10. The maximum Gasteiger partial charge on any atom is 0.0570 e. The summed E-state index contributed by atoms with van der Waals surface area (Å²) >= 11 is 3.60. The van der Waals surface area contributed by atoms with Crippen LogP contribution >= 0.6 is 15.9 Å². The maximum atomic E-state index is 3.60. The molecule has 3 aromatic carbocycles. The van der Waals surface area contributed by atoms with Gasteiger partial charge in [0.05, 0.1) is 5.52 Å². The van der Waals surface area contributed by atoms with Crippen molar-refractivity contribution < 1.29 is 0 Å². The van der Waals surface area contributed by atoms with Crippen LogP contribution in [0.1, 0.15) is 6.92 Å². The van der Waals surface area contributed by atoms with Crippen molar-refractivity contribution in [3.05, 3.63) is 71.2 Å². The average molecular weight is 350 g/mol. The molecule has 0 aliphatic carbocycles. The van der Waals surface area contributed by atoms with Crippen molar-refractivity contribution in [1.29, 1.82) is 0 Å². The lowest BCUT2D eigenvalue weighted by Gasteiger charge is -2.09. The van der Waals surface area contributed by atoms with Crippen LogP contribution in [0.3, 0.4) is 0 Å². The monoisotopic (exact) mass is 349 g/mol. The minimum absolute atomic E-state index is 0.964. The number of para-hydroxylation sites is 1. The van der Waals surface area contributed by atoms with E-state index in [4.69, 9.17) is 0 Å². The Morgan fingerprint density at radius 2 is 1.68 bits per heavy atom. The molecule has 22 heavy (non-hydrogen) atoms. The van der Waals surface area contributed by atoms with E-state index >= 15 is 0 Å². The molecule has 1 aromatic heterocycles. The van der Waals surface area contributed by atoms with Crippen LogP contribution in [0.5, 0.6) is 0 Å². The SMILES string of the molecule is CCn1c2ccc(Br)cc2c2cccc(-c3ccccc3)c21. The van der Waals surface area contributed by atoms with Crippen molar-refractivity contribution in [3.63, 3.8) is 0 Å². The molecule has 0 saturated carbocycles. The maximum absolute atomic E-state index is 3.60. The van der Waals surface area contributed by atoms with E-state index in [9.17, 15) is 0 Å². The van der Waals surface area contributed by atoms with Gasteiger partial charge in [-0.3, -0.25) is 0 Å². The Balaban J connectivity index is 2.18. The second kappa shape index (κ2) is 5.29. The number of aromatic nitrogens is 1. The van der Waals surface area contributed by atoms with Crippen LogP contribution in [-0.4, -0.2) is 4.57 Å². The van der Waals surface area contributed by atoms with Gasteiger partial charge in [-0.25, -0.2) is 0 Å². The summed E-state index contributed by atoms with van der Waals surface area (Å²) in [6.07, 6.45) is 0. The zero-order valence-corrected chi connectivity index (χ0v) is 14.0. The molecule has 4 rings (SSSR count). The number of hydrogen-bond acceptors (Lipinski definition) is 0. The fourth-order valence-electron chi connectivity index (χ4n) is 3.31. The lowest BCUT2D eigenvalue weighted by atomic mass is 10.0. The van der Waals surface area contributed by atoms with Gasteiger partial charge < -0.3 is 4.57 Å². The second-order valence-electron chi connectivity index (χ2n) is 5.47. The molecule has 0 unspecified atom stereocenters. The molecule has 0 aliphatic heterocycles. The fraction of sp³-hybridized carbons (Fsp3) is 0.100. The van der Waals surface area contributed by atoms with Crippen molar-refractivity contribution in [3.8, 4) is 11.1 Å². The summed E-state index contributed by atoms with van der Waals surface area (Å²) in [6.45, 7) is 3.17. The Morgan fingerprint density at radius 3 is 2.45 bits per heavy atom. The first kappa shape index (κ1) is 13.6. The van der Waals surface area contributed by atoms with Gasteiger partial charge in [-0.2, -0.15) is 0 Å². The molecule has 0 amide bonds. The summed E-state index contributed by atoms with van der Waals surface area (Å²) in [5.74, 6) is 0. The quantitative estimate of drug-likeness (QED) is 0.403. The Kier molecular flexibility index (Phi) is 3.27. The summed E-state index contributed by atoms with van der Waals surface area (Å²) in [5.41, 5.74) is 5.19. The van der Waals surface area contributed by atoms with Gasteiger partial charge in [-0.1, -0.05) is 64.5 Å². The molecule has 0 aliphatic rings. The minimum atomic E-state index is 0.964. The Bertz CT molecular complexity index is 967. The molecule has 4 aromatic rings. The van der Waals surface area contributed by atoms with E-state index in [0.29, 0.717) is 0 Å². The molecule has 0 atom stereocenters. The summed E-state index contributed by atoms with van der Waals surface area (Å²) < 4.78 is 3.54. The number of fused-ring (bicyclic) bond motifs is 3. The molecule has 108 valence electrons. The highest BCUT2D eigenvalue weighted by Gasteiger charge is 2.13. The van der Waals surface area contributed by atoms with E-state index in [2.05, 4.69) is 94.2 Å². The van der Waals surface area contributed by atoms with Crippen LogP contribution in [0.15, 0.2) is 71.2 Å². The van der Waals surface area contributed by atoms with Crippen LogP contribution in [0, 0.1) is 0 Å². The third-order valence-electron chi connectivity index (χ3n) is 4.25. The smallest absolute Gasteiger partial charge is 0.0570 e. The Hall–Kier alpha value is -2.06. The van der Waals surface area contributed by atoms with Gasteiger partial charge in [0.25, 0.3) is 0 Å². The fourth-order valence-corrected chi connectivity index (χ4v) is 3.67. The van der Waals surface area contributed by atoms with Crippen molar-refractivity contribution >= 4 is 37.7 Å². The predicted octanol–water partition coefficient (Wildman–Crippen LogP) is 6.24. The second-order valence-corrected chi connectivity index (χ2v) is 6.39. The molecule has 1 nitrogen and oxygen atoms in total. The van der Waals surface area contributed by atoms with E-state index in [1.807, 2.05) is 0 Å². The van der Waals surface area contributed by atoms with Crippen LogP contribution in [-0.2, 0) is 6.54 Å². The van der Waals surface area contributed by atoms with Crippen LogP contribution in [0.4, 0.5) is 0 Å². The molecule has 0 N–H and O–H groups in total. The van der Waals surface area contributed by atoms with Gasteiger partial charge in [0.1, 0.15) is 0 Å². The Labute approximate surface area is 138 Å². The number of halogens is 1. The first-order valence-electron chi connectivity index (χ1n) is 7.55. The van der Waals surface area contributed by atoms with Crippen molar-refractivity contribution in [1.82, 2.24) is 4.57 Å². The van der Waals surface area contributed by atoms with E-state index < -0.39 is 0 Å². The van der Waals surface area contributed by atoms with E-state index in [0.717, 1.165) is 11.0 Å². The number of benzene rings is 3. The minimum Gasteiger partial charge on any atom is -0.340 e. The largest absolute Gasteiger partial charge is 0.340 e. The molecule has 0 bridgehead atoms. The molecule has 1 heterocycles. The predicted molar refractivity (Wildman–Crippen MR) is 98.3 cm³/mol. The zero-order chi connectivity index (χ0) is 15.1. The first-order chi connectivity index (χ1) is 10.8. The normalized spacial score (nSPS) is 11.4. The first-order valence-corrected chi connectivity index (χ1v) is 8.35. The van der Waals surface area contributed by atoms with Crippen LogP contribution in [0.25, 0.3) is 32.9 Å². The molecule has 0 saturated heterocycles. The van der Waals surface area contributed by atoms with E-state index in [1.165, 1.54) is 32.9 Å². The molecule has 0 fully saturated rings. The molecule has 0 radical (unpaired) electrons. The number of aryl methyl sites for hydroxylation is 1. The summed E-state index contributed by atoms with van der Waals surface area (Å²) in [4.78, 5) is 0. The summed E-state index contributed by atoms with van der Waals surface area (Å²) in [7, 11) is 0. The lowest BCUT2D eigenvalue weighted by Crippen LogP contribution is -1.94. The molecule has 0 spiro atoms. The third-order valence-corrected chi connectivity index (χ3v) is 4.74. The van der Waals surface area contributed by atoms with Crippen molar-refractivity contribution in [2.75, 3.05) is 0 Å². The topological polar surface area (TPSA) is 4.93 Å². The third kappa shape index (κ3) is 1.98. The van der Waals surface area contributed by atoms with E-state index in [1.54, 1.807) is 0 Å². The number of nitrogens with zero attached hydrogens (tertiary/aromatic N) is 1. The molecular weight excluding hydrogens is 334 g/mol. The Morgan fingerprint density at radius 1 is 0.864 bits per heavy atom. The molecule has 2 heteroatoms. The highest BCUT2D eigenvalue weighted by atomic mass is 79.9. The summed E-state index contributed by atoms with van der Waals surface area (Å²) in [6, 6.07) is 23.8.